The zero-order valence-electron chi connectivity index (χ0n) is 18.7. The van der Waals surface area contributed by atoms with Crippen molar-refractivity contribution < 1.29 is 29.3 Å². The van der Waals surface area contributed by atoms with Crippen molar-refractivity contribution in [1.29, 1.82) is 0 Å². The maximum atomic E-state index is 13.3. The number of halogens is 1. The quantitative estimate of drug-likeness (QED) is 0.304. The van der Waals surface area contributed by atoms with E-state index in [1.54, 1.807) is 30.3 Å². The average molecular weight is 480 g/mol. The molecule has 7 nitrogen and oxygen atoms in total. The van der Waals surface area contributed by atoms with Crippen molar-refractivity contribution >= 4 is 34.7 Å². The molecular weight excluding hydrogens is 458 g/mol. The second-order valence-corrected chi connectivity index (χ2v) is 8.20. The van der Waals surface area contributed by atoms with Gasteiger partial charge < -0.3 is 19.7 Å². The number of phenols is 1. The summed E-state index contributed by atoms with van der Waals surface area (Å²) in [6.45, 7) is 1.87. The summed E-state index contributed by atoms with van der Waals surface area (Å²) >= 11 is 6.20. The molecule has 1 aliphatic heterocycles. The van der Waals surface area contributed by atoms with Crippen LogP contribution in [0.5, 0.6) is 17.2 Å². The van der Waals surface area contributed by atoms with Crippen molar-refractivity contribution in [2.45, 2.75) is 13.0 Å². The molecule has 0 bridgehead atoms. The smallest absolute Gasteiger partial charge is 0.300 e. The van der Waals surface area contributed by atoms with E-state index in [0.29, 0.717) is 11.3 Å². The number of amides is 1. The molecule has 1 aliphatic rings. The summed E-state index contributed by atoms with van der Waals surface area (Å²) in [6.07, 6.45) is 0. The fourth-order valence-electron chi connectivity index (χ4n) is 4.08. The molecular formula is C26H22ClNO6. The third-order valence-electron chi connectivity index (χ3n) is 5.64. The summed E-state index contributed by atoms with van der Waals surface area (Å²) in [6, 6.07) is 15.2. The highest BCUT2D eigenvalue weighted by atomic mass is 35.5. The number of carbonyl (C=O) groups is 2. The predicted molar refractivity (Wildman–Crippen MR) is 129 cm³/mol. The van der Waals surface area contributed by atoms with Gasteiger partial charge in [-0.1, -0.05) is 35.9 Å². The summed E-state index contributed by atoms with van der Waals surface area (Å²) in [4.78, 5) is 27.9. The van der Waals surface area contributed by atoms with Crippen molar-refractivity contribution in [1.82, 2.24) is 0 Å². The average Bonchev–Trinajstić information content (AvgIpc) is 3.09. The number of aryl methyl sites for hydroxylation is 1. The standard InChI is InChI=1S/C26H22ClNO6/c1-14-6-4-8-16(10-14)28-23(15-7-5-9-17(29)11-15)22(25(31)26(28)32)24(30)18-12-21(34-3)19(27)13-20(18)33-2/h4-13,23,29-30H,1-3H3/b24-22+. The fraction of sp³-hybridized carbons (Fsp3) is 0.154. The molecule has 0 radical (unpaired) electrons. The lowest BCUT2D eigenvalue weighted by atomic mass is 9.94. The van der Waals surface area contributed by atoms with Gasteiger partial charge in [-0.05, 0) is 48.4 Å². The Morgan fingerprint density at radius 1 is 0.971 bits per heavy atom. The normalized spacial score (nSPS) is 17.2. The lowest BCUT2D eigenvalue weighted by Gasteiger charge is -2.26. The fourth-order valence-corrected chi connectivity index (χ4v) is 4.31. The Kier molecular flexibility index (Phi) is 6.22. The summed E-state index contributed by atoms with van der Waals surface area (Å²) < 4.78 is 10.6. The number of Topliss-reactive ketones (excluding diaryl/α,β-unsaturated/α-hetero) is 1. The third kappa shape index (κ3) is 3.95. The molecule has 34 heavy (non-hydrogen) atoms. The minimum absolute atomic E-state index is 0.0435. The Balaban J connectivity index is 2.01. The molecule has 3 aromatic carbocycles. The van der Waals surface area contributed by atoms with E-state index in [4.69, 9.17) is 21.1 Å². The van der Waals surface area contributed by atoms with Gasteiger partial charge in [0.25, 0.3) is 11.7 Å². The molecule has 1 heterocycles. The number of nitrogens with zero attached hydrogens (tertiary/aromatic N) is 1. The van der Waals surface area contributed by atoms with Crippen LogP contribution in [0.2, 0.25) is 5.02 Å². The first kappa shape index (κ1) is 23.2. The lowest BCUT2D eigenvalue weighted by molar-refractivity contribution is -0.132. The highest BCUT2D eigenvalue weighted by Gasteiger charge is 2.47. The van der Waals surface area contributed by atoms with Crippen LogP contribution in [0.1, 0.15) is 22.7 Å². The number of ether oxygens (including phenoxy) is 2. The van der Waals surface area contributed by atoms with Crippen LogP contribution in [0, 0.1) is 6.92 Å². The largest absolute Gasteiger partial charge is 0.508 e. The molecule has 0 aliphatic carbocycles. The monoisotopic (exact) mass is 479 g/mol. The van der Waals surface area contributed by atoms with Gasteiger partial charge in [0.05, 0.1) is 36.4 Å². The van der Waals surface area contributed by atoms with Gasteiger partial charge in [-0.15, -0.1) is 0 Å². The van der Waals surface area contributed by atoms with Crippen LogP contribution in [-0.2, 0) is 9.59 Å². The van der Waals surface area contributed by atoms with Crippen molar-refractivity contribution in [2.24, 2.45) is 0 Å². The number of methoxy groups -OCH3 is 2. The molecule has 0 aromatic heterocycles. The second-order valence-electron chi connectivity index (χ2n) is 7.79. The van der Waals surface area contributed by atoms with Gasteiger partial charge >= 0.3 is 0 Å². The van der Waals surface area contributed by atoms with E-state index in [9.17, 15) is 19.8 Å². The van der Waals surface area contributed by atoms with Gasteiger partial charge in [0.15, 0.2) is 0 Å². The number of rotatable bonds is 5. The van der Waals surface area contributed by atoms with Crippen LogP contribution in [0.4, 0.5) is 5.69 Å². The molecule has 0 spiro atoms. The minimum atomic E-state index is -1.000. The zero-order chi connectivity index (χ0) is 24.6. The van der Waals surface area contributed by atoms with Crippen molar-refractivity contribution in [3.05, 3.63) is 87.9 Å². The minimum Gasteiger partial charge on any atom is -0.508 e. The van der Waals surface area contributed by atoms with Crippen LogP contribution >= 0.6 is 11.6 Å². The molecule has 8 heteroatoms. The molecule has 1 fully saturated rings. The number of hydrogen-bond donors (Lipinski definition) is 2. The Morgan fingerprint density at radius 3 is 2.32 bits per heavy atom. The lowest BCUT2D eigenvalue weighted by Crippen LogP contribution is -2.29. The molecule has 174 valence electrons. The van der Waals surface area contributed by atoms with E-state index in [1.807, 2.05) is 13.0 Å². The molecule has 1 atom stereocenters. The van der Waals surface area contributed by atoms with Crippen molar-refractivity contribution in [2.75, 3.05) is 19.1 Å². The third-order valence-corrected chi connectivity index (χ3v) is 5.93. The number of benzene rings is 3. The highest BCUT2D eigenvalue weighted by Crippen LogP contribution is 2.45. The molecule has 3 aromatic rings. The molecule has 1 unspecified atom stereocenters. The summed E-state index contributed by atoms with van der Waals surface area (Å²) in [5.74, 6) is -1.72. The Bertz CT molecular complexity index is 1330. The first-order valence-electron chi connectivity index (χ1n) is 10.3. The number of hydrogen-bond acceptors (Lipinski definition) is 6. The van der Waals surface area contributed by atoms with E-state index in [-0.39, 0.29) is 33.4 Å². The molecule has 2 N–H and O–H groups in total. The molecule has 4 rings (SSSR count). The topological polar surface area (TPSA) is 96.3 Å². The number of anilines is 1. The van der Waals surface area contributed by atoms with Crippen LogP contribution < -0.4 is 14.4 Å². The molecule has 0 saturated carbocycles. The van der Waals surface area contributed by atoms with E-state index >= 15 is 0 Å². The van der Waals surface area contributed by atoms with Gasteiger partial charge in [-0.25, -0.2) is 0 Å². The maximum absolute atomic E-state index is 13.3. The van der Waals surface area contributed by atoms with Gasteiger partial charge in [0, 0.05) is 11.8 Å². The van der Waals surface area contributed by atoms with E-state index in [0.717, 1.165) is 5.56 Å². The molecule has 1 saturated heterocycles. The first-order valence-corrected chi connectivity index (χ1v) is 10.7. The Labute approximate surface area is 201 Å². The van der Waals surface area contributed by atoms with Crippen LogP contribution in [0.25, 0.3) is 5.76 Å². The Morgan fingerprint density at radius 2 is 1.68 bits per heavy atom. The predicted octanol–water partition coefficient (Wildman–Crippen LogP) is 5.00. The number of aromatic hydroxyl groups is 1. The van der Waals surface area contributed by atoms with Crippen LogP contribution in [0.3, 0.4) is 0 Å². The first-order chi connectivity index (χ1) is 16.3. The number of carbonyl (C=O) groups excluding carboxylic acids is 2. The van der Waals surface area contributed by atoms with E-state index < -0.39 is 23.5 Å². The van der Waals surface area contributed by atoms with E-state index in [2.05, 4.69) is 0 Å². The zero-order valence-corrected chi connectivity index (χ0v) is 19.5. The van der Waals surface area contributed by atoms with Gasteiger partial charge in [0.2, 0.25) is 0 Å². The second kappa shape index (κ2) is 9.11. The van der Waals surface area contributed by atoms with Crippen LogP contribution in [-0.4, -0.2) is 36.1 Å². The van der Waals surface area contributed by atoms with Gasteiger partial charge in [-0.2, -0.15) is 0 Å². The number of ketones is 1. The van der Waals surface area contributed by atoms with Crippen molar-refractivity contribution in [3.63, 3.8) is 0 Å². The summed E-state index contributed by atoms with van der Waals surface area (Å²) in [5, 5.41) is 21.8. The summed E-state index contributed by atoms with van der Waals surface area (Å²) in [5.41, 5.74) is 1.80. The van der Waals surface area contributed by atoms with Gasteiger partial charge in [-0.3, -0.25) is 14.5 Å². The maximum Gasteiger partial charge on any atom is 0.300 e. The van der Waals surface area contributed by atoms with Crippen LogP contribution in [0.15, 0.2) is 66.2 Å². The van der Waals surface area contributed by atoms with Gasteiger partial charge in [0.1, 0.15) is 23.0 Å². The van der Waals surface area contributed by atoms with Crippen molar-refractivity contribution in [3.8, 4) is 17.2 Å². The van der Waals surface area contributed by atoms with E-state index in [1.165, 1.54) is 43.4 Å². The summed E-state index contributed by atoms with van der Waals surface area (Å²) in [7, 11) is 2.81. The highest BCUT2D eigenvalue weighted by molar-refractivity contribution is 6.51. The number of aliphatic hydroxyl groups is 1. The Hall–Kier alpha value is -3.97. The number of aliphatic hydroxyl groups excluding tert-OH is 1. The molecule has 1 amide bonds. The number of phenolic OH excluding ortho intramolecular Hbond substituents is 1. The SMILES string of the molecule is COc1cc(/C(O)=C2\C(=O)C(=O)N(c3cccc(C)c3)C2c2cccc(O)c2)c(OC)cc1Cl.